The van der Waals surface area contributed by atoms with E-state index in [1.54, 1.807) is 30.3 Å². The van der Waals surface area contributed by atoms with Crippen molar-refractivity contribution in [2.75, 3.05) is 26.3 Å². The van der Waals surface area contributed by atoms with Gasteiger partial charge >= 0.3 is 0 Å². The Balaban J connectivity index is 1.23. The van der Waals surface area contributed by atoms with Crippen molar-refractivity contribution >= 4 is 10.0 Å². The molecule has 0 aromatic heterocycles. The molecule has 0 saturated carbocycles. The van der Waals surface area contributed by atoms with Gasteiger partial charge in [0.05, 0.1) is 23.1 Å². The van der Waals surface area contributed by atoms with Crippen LogP contribution in [0, 0.1) is 0 Å². The van der Waals surface area contributed by atoms with Gasteiger partial charge in [-0.25, -0.2) is 13.1 Å². The van der Waals surface area contributed by atoms with Crippen molar-refractivity contribution in [3.8, 4) is 5.75 Å². The van der Waals surface area contributed by atoms with Crippen LogP contribution in [0.25, 0.3) is 0 Å². The van der Waals surface area contributed by atoms with Gasteiger partial charge in [-0.2, -0.15) is 0 Å². The second-order valence-corrected chi connectivity index (χ2v) is 13.2. The van der Waals surface area contributed by atoms with E-state index < -0.39 is 21.7 Å². The number of hydrogen-bond acceptors (Lipinski definition) is 7. The Bertz CT molecular complexity index is 1350. The lowest BCUT2D eigenvalue weighted by atomic mass is 9.96. The van der Waals surface area contributed by atoms with E-state index >= 15 is 0 Å². The molecule has 43 heavy (non-hydrogen) atoms. The van der Waals surface area contributed by atoms with Gasteiger partial charge < -0.3 is 25.4 Å². The van der Waals surface area contributed by atoms with Gasteiger partial charge in [0, 0.05) is 25.3 Å². The first-order valence-corrected chi connectivity index (χ1v) is 16.7. The van der Waals surface area contributed by atoms with E-state index in [1.165, 1.54) is 6.07 Å². The molecule has 0 aliphatic heterocycles. The summed E-state index contributed by atoms with van der Waals surface area (Å²) < 4.78 is 34.8. The Morgan fingerprint density at radius 2 is 1.58 bits per heavy atom. The summed E-state index contributed by atoms with van der Waals surface area (Å²) in [5.74, 6) is 0.0312. The highest BCUT2D eigenvalue weighted by Gasteiger charge is 2.27. The maximum Gasteiger partial charge on any atom is 0.241 e. The van der Waals surface area contributed by atoms with Gasteiger partial charge in [-0.1, -0.05) is 61.4 Å². The van der Waals surface area contributed by atoms with Crippen LogP contribution < -0.4 is 10.0 Å². The molecule has 1 unspecified atom stereocenters. The molecule has 0 aliphatic carbocycles. The molecule has 0 bridgehead atoms. The smallest absolute Gasteiger partial charge is 0.241 e. The highest BCUT2D eigenvalue weighted by atomic mass is 32.2. The highest BCUT2D eigenvalue weighted by molar-refractivity contribution is 7.89. The maximum atomic E-state index is 13.1. The van der Waals surface area contributed by atoms with Crippen LogP contribution in [0.5, 0.6) is 5.75 Å². The third-order valence-corrected chi connectivity index (χ3v) is 9.14. The SMILES string of the molecule is CC(C)(NS(=O)(=O)c1cccc(CCCCOCCCCCCNCC(O)c2ccc(O)c(CO)c2)c1)c1ccccc1. The van der Waals surface area contributed by atoms with Crippen molar-refractivity contribution in [1.82, 2.24) is 10.0 Å². The minimum atomic E-state index is -3.67. The first kappa shape index (κ1) is 34.7. The summed E-state index contributed by atoms with van der Waals surface area (Å²) in [6.07, 6.45) is 6.13. The number of phenols is 1. The predicted molar refractivity (Wildman–Crippen MR) is 170 cm³/mol. The number of ether oxygens (including phenoxy) is 1. The highest BCUT2D eigenvalue weighted by Crippen LogP contribution is 2.24. The molecule has 0 radical (unpaired) electrons. The van der Waals surface area contributed by atoms with E-state index in [4.69, 9.17) is 4.74 Å². The van der Waals surface area contributed by atoms with Gasteiger partial charge in [0.15, 0.2) is 0 Å². The molecule has 0 heterocycles. The number of aliphatic hydroxyl groups is 2. The first-order chi connectivity index (χ1) is 20.6. The van der Waals surface area contributed by atoms with E-state index in [0.717, 1.165) is 69.2 Å². The zero-order chi connectivity index (χ0) is 31.1. The van der Waals surface area contributed by atoms with E-state index in [9.17, 15) is 23.7 Å². The number of aromatic hydroxyl groups is 1. The fraction of sp³-hybridized carbons (Fsp3) is 0.471. The number of unbranched alkanes of at least 4 members (excludes halogenated alkanes) is 4. The van der Waals surface area contributed by atoms with Crippen molar-refractivity contribution in [3.63, 3.8) is 0 Å². The fourth-order valence-electron chi connectivity index (χ4n) is 4.92. The average molecular weight is 613 g/mol. The zero-order valence-electron chi connectivity index (χ0n) is 25.5. The number of nitrogens with one attached hydrogen (secondary N) is 2. The van der Waals surface area contributed by atoms with E-state index in [0.29, 0.717) is 24.3 Å². The van der Waals surface area contributed by atoms with Crippen LogP contribution in [-0.2, 0) is 33.3 Å². The Morgan fingerprint density at radius 3 is 2.33 bits per heavy atom. The molecule has 3 rings (SSSR count). The lowest BCUT2D eigenvalue weighted by Crippen LogP contribution is -2.40. The van der Waals surface area contributed by atoms with Crippen molar-refractivity contribution in [2.45, 2.75) is 81.9 Å². The van der Waals surface area contributed by atoms with Gasteiger partial charge in [-0.3, -0.25) is 0 Å². The third-order valence-electron chi connectivity index (χ3n) is 7.49. The standard InChI is InChI=1S/C34H48N2O6S/c1-34(2,30-15-6-5-7-16-30)36-43(40,41)31-17-12-14-27(23-31)13-8-11-22-42-21-10-4-3-9-20-35-25-33(39)28-18-19-32(38)29(24-28)26-37/h5-7,12,14-19,23-24,33,35-39H,3-4,8-11,13,20-22,25-26H2,1-2H3. The Labute approximate surface area is 257 Å². The summed E-state index contributed by atoms with van der Waals surface area (Å²) in [4.78, 5) is 0.283. The summed E-state index contributed by atoms with van der Waals surface area (Å²) in [5, 5.41) is 32.5. The molecule has 0 fully saturated rings. The van der Waals surface area contributed by atoms with Gasteiger partial charge in [-0.05, 0) is 93.5 Å². The lowest BCUT2D eigenvalue weighted by Gasteiger charge is -2.26. The van der Waals surface area contributed by atoms with Gasteiger partial charge in [0.2, 0.25) is 10.0 Å². The number of aryl methyl sites for hydroxylation is 1. The maximum absolute atomic E-state index is 13.1. The molecule has 236 valence electrons. The molecule has 3 aromatic carbocycles. The average Bonchev–Trinajstić information content (AvgIpc) is 2.99. The molecule has 0 spiro atoms. The number of benzene rings is 3. The summed E-state index contributed by atoms with van der Waals surface area (Å²) in [7, 11) is -3.67. The lowest BCUT2D eigenvalue weighted by molar-refractivity contribution is 0.126. The minimum Gasteiger partial charge on any atom is -0.508 e. The minimum absolute atomic E-state index is 0.0312. The molecule has 1 atom stereocenters. The largest absolute Gasteiger partial charge is 0.508 e. The molecule has 0 aliphatic rings. The first-order valence-electron chi connectivity index (χ1n) is 15.2. The number of sulfonamides is 1. The fourth-order valence-corrected chi connectivity index (χ4v) is 6.39. The van der Waals surface area contributed by atoms with E-state index in [-0.39, 0.29) is 17.3 Å². The van der Waals surface area contributed by atoms with Crippen molar-refractivity contribution in [1.29, 1.82) is 0 Å². The van der Waals surface area contributed by atoms with Crippen LogP contribution in [0.4, 0.5) is 0 Å². The molecule has 9 heteroatoms. The van der Waals surface area contributed by atoms with Gasteiger partial charge in [0.25, 0.3) is 0 Å². The topological polar surface area (TPSA) is 128 Å². The van der Waals surface area contributed by atoms with Crippen LogP contribution in [0.15, 0.2) is 77.7 Å². The summed E-state index contributed by atoms with van der Waals surface area (Å²) >= 11 is 0. The summed E-state index contributed by atoms with van der Waals surface area (Å²) in [6, 6.07) is 21.5. The molecular weight excluding hydrogens is 564 g/mol. The molecule has 0 amide bonds. The molecule has 3 aromatic rings. The summed E-state index contributed by atoms with van der Waals surface area (Å²) in [5.41, 5.74) is 2.26. The second-order valence-electron chi connectivity index (χ2n) is 11.5. The predicted octanol–water partition coefficient (Wildman–Crippen LogP) is 5.32. The Morgan fingerprint density at radius 1 is 0.860 bits per heavy atom. The van der Waals surface area contributed by atoms with Crippen LogP contribution in [0.1, 0.15) is 80.7 Å². The molecule has 5 N–H and O–H groups in total. The molecule has 8 nitrogen and oxygen atoms in total. The zero-order valence-corrected chi connectivity index (χ0v) is 26.3. The number of hydrogen-bond donors (Lipinski definition) is 5. The second kappa shape index (κ2) is 17.5. The van der Waals surface area contributed by atoms with Gasteiger partial charge in [0.1, 0.15) is 5.75 Å². The Kier molecular flexibility index (Phi) is 14.1. The van der Waals surface area contributed by atoms with Crippen molar-refractivity contribution in [2.24, 2.45) is 0 Å². The van der Waals surface area contributed by atoms with Gasteiger partial charge in [-0.15, -0.1) is 0 Å². The summed E-state index contributed by atoms with van der Waals surface area (Å²) in [6.45, 7) is 6.13. The third kappa shape index (κ3) is 11.7. The normalized spacial score (nSPS) is 12.8. The van der Waals surface area contributed by atoms with Crippen LogP contribution in [0.3, 0.4) is 0 Å². The van der Waals surface area contributed by atoms with E-state index in [2.05, 4.69) is 10.0 Å². The monoisotopic (exact) mass is 612 g/mol. The molecule has 0 saturated heterocycles. The van der Waals surface area contributed by atoms with E-state index in [1.807, 2.05) is 50.2 Å². The Hall–Kier alpha value is -2.79. The van der Waals surface area contributed by atoms with Crippen LogP contribution in [-0.4, -0.2) is 50.0 Å². The van der Waals surface area contributed by atoms with Crippen molar-refractivity contribution < 1.29 is 28.5 Å². The number of rotatable bonds is 20. The van der Waals surface area contributed by atoms with Crippen LogP contribution >= 0.6 is 0 Å². The number of aliphatic hydroxyl groups excluding tert-OH is 2. The quantitative estimate of drug-likeness (QED) is 0.109. The molecular formula is C34H48N2O6S. The van der Waals surface area contributed by atoms with Crippen molar-refractivity contribution in [3.05, 3.63) is 95.1 Å². The van der Waals surface area contributed by atoms with Crippen LogP contribution in [0.2, 0.25) is 0 Å².